The molecule has 2 saturated heterocycles. The molecule has 2 fully saturated rings. The van der Waals surface area contributed by atoms with Gasteiger partial charge < -0.3 is 19.4 Å². The third kappa shape index (κ3) is 8.83. The topological polar surface area (TPSA) is 104 Å². The number of esters is 1. The number of ether oxygens (including phenoxy) is 1. The second-order valence-corrected chi connectivity index (χ2v) is 11.5. The molecule has 0 aliphatic carbocycles. The lowest BCUT2D eigenvalue weighted by Gasteiger charge is -2.28. The van der Waals surface area contributed by atoms with Crippen molar-refractivity contribution < 1.29 is 14.3 Å². The average Bonchev–Trinajstić information content (AvgIpc) is 3.36. The minimum atomic E-state index is -0.387. The van der Waals surface area contributed by atoms with Gasteiger partial charge in [0, 0.05) is 51.8 Å². The fraction of sp³-hybridized carbons (Fsp3) is 0.471. The fourth-order valence-corrected chi connectivity index (χ4v) is 6.09. The standard InChI is InChI=1S/C34H42N6O3/c1-26-18-27(2)20-30(19-26)25-39-15-14-38(34(39)31(22-35)23-36)13-10-33(42)40(16-17-43-28(3)41)32-9-7-8-29(21-32)24-37-11-5-4-6-12-37/h7-9,18-21H,4-6,10-17,24-25H2,1-3H3. The van der Waals surface area contributed by atoms with Gasteiger partial charge >= 0.3 is 5.97 Å². The van der Waals surface area contributed by atoms with Gasteiger partial charge in [-0.15, -0.1) is 0 Å². The molecule has 0 radical (unpaired) electrons. The smallest absolute Gasteiger partial charge is 0.302 e. The van der Waals surface area contributed by atoms with Crippen LogP contribution >= 0.6 is 0 Å². The largest absolute Gasteiger partial charge is 0.464 e. The highest BCUT2D eigenvalue weighted by Gasteiger charge is 2.30. The van der Waals surface area contributed by atoms with E-state index < -0.39 is 0 Å². The number of hydrogen-bond donors (Lipinski definition) is 0. The monoisotopic (exact) mass is 582 g/mol. The van der Waals surface area contributed by atoms with Crippen molar-refractivity contribution in [3.63, 3.8) is 0 Å². The second-order valence-electron chi connectivity index (χ2n) is 11.5. The summed E-state index contributed by atoms with van der Waals surface area (Å²) in [5.41, 5.74) is 5.41. The van der Waals surface area contributed by atoms with E-state index in [9.17, 15) is 20.1 Å². The number of carbonyl (C=O) groups excluding carboxylic acids is 2. The Balaban J connectivity index is 1.49. The number of aryl methyl sites for hydroxylation is 2. The molecular formula is C34H42N6O3. The van der Waals surface area contributed by atoms with Gasteiger partial charge in [-0.1, -0.05) is 47.9 Å². The number of rotatable bonds is 11. The van der Waals surface area contributed by atoms with E-state index in [0.717, 1.165) is 47.6 Å². The molecule has 1 amide bonds. The van der Waals surface area contributed by atoms with E-state index >= 15 is 0 Å². The van der Waals surface area contributed by atoms with Crippen LogP contribution in [-0.4, -0.2) is 72.5 Å². The molecule has 0 aromatic heterocycles. The van der Waals surface area contributed by atoms with Crippen molar-refractivity contribution in [2.45, 2.75) is 59.5 Å². The van der Waals surface area contributed by atoms with Crippen LogP contribution in [0.4, 0.5) is 5.69 Å². The molecule has 2 aliphatic heterocycles. The number of benzene rings is 2. The molecule has 2 aliphatic rings. The van der Waals surface area contributed by atoms with E-state index in [-0.39, 0.29) is 37.0 Å². The van der Waals surface area contributed by atoms with Crippen LogP contribution in [0.3, 0.4) is 0 Å². The second kappa shape index (κ2) is 15.2. The molecule has 0 atom stereocenters. The summed E-state index contributed by atoms with van der Waals surface area (Å²) in [6, 6.07) is 18.5. The Morgan fingerprint density at radius 2 is 1.58 bits per heavy atom. The maximum Gasteiger partial charge on any atom is 0.302 e. The number of nitriles is 2. The van der Waals surface area contributed by atoms with Crippen molar-refractivity contribution in [3.8, 4) is 12.1 Å². The fourth-order valence-electron chi connectivity index (χ4n) is 6.09. The van der Waals surface area contributed by atoms with Crippen molar-refractivity contribution in [1.29, 1.82) is 10.5 Å². The highest BCUT2D eigenvalue weighted by molar-refractivity contribution is 5.93. The van der Waals surface area contributed by atoms with Gasteiger partial charge in [0.2, 0.25) is 5.91 Å². The van der Waals surface area contributed by atoms with E-state index in [1.165, 1.54) is 26.2 Å². The predicted molar refractivity (Wildman–Crippen MR) is 165 cm³/mol. The van der Waals surface area contributed by atoms with Crippen LogP contribution in [0.2, 0.25) is 0 Å². The van der Waals surface area contributed by atoms with E-state index in [4.69, 9.17) is 4.74 Å². The van der Waals surface area contributed by atoms with E-state index in [1.807, 2.05) is 17.0 Å². The number of allylic oxidation sites excluding steroid dienone is 1. The van der Waals surface area contributed by atoms with Crippen molar-refractivity contribution in [3.05, 3.63) is 76.1 Å². The SMILES string of the molecule is CC(=O)OCCN(C(=O)CCN1CCN(Cc2cc(C)cc(C)c2)C1=C(C#N)C#N)c1cccc(CN2CCCCC2)c1. The third-order valence-electron chi connectivity index (χ3n) is 7.93. The molecule has 0 spiro atoms. The summed E-state index contributed by atoms with van der Waals surface area (Å²) in [5.74, 6) is 0.0827. The van der Waals surface area contributed by atoms with Gasteiger partial charge in [-0.05, 0) is 63.0 Å². The molecule has 2 aromatic rings. The summed E-state index contributed by atoms with van der Waals surface area (Å²) in [4.78, 5) is 33.4. The summed E-state index contributed by atoms with van der Waals surface area (Å²) in [6.45, 7) is 11.0. The third-order valence-corrected chi connectivity index (χ3v) is 7.93. The maximum atomic E-state index is 13.7. The Hall–Kier alpha value is -4.34. The number of piperidine rings is 1. The first-order valence-corrected chi connectivity index (χ1v) is 15.1. The number of carbonyl (C=O) groups is 2. The van der Waals surface area contributed by atoms with Gasteiger partial charge in [-0.3, -0.25) is 14.5 Å². The van der Waals surface area contributed by atoms with Crippen molar-refractivity contribution in [2.75, 3.05) is 50.8 Å². The van der Waals surface area contributed by atoms with E-state index in [0.29, 0.717) is 32.0 Å². The molecule has 0 bridgehead atoms. The first kappa shape index (κ1) is 31.6. The molecule has 2 aromatic carbocycles. The van der Waals surface area contributed by atoms with Gasteiger partial charge in [0.15, 0.2) is 5.57 Å². The summed E-state index contributed by atoms with van der Waals surface area (Å²) in [5, 5.41) is 19.5. The van der Waals surface area contributed by atoms with Gasteiger partial charge in [0.25, 0.3) is 0 Å². The van der Waals surface area contributed by atoms with Crippen LogP contribution in [0.15, 0.2) is 53.9 Å². The Bertz CT molecular complexity index is 1380. The number of likely N-dealkylation sites (tertiary alicyclic amines) is 1. The summed E-state index contributed by atoms with van der Waals surface area (Å²) < 4.78 is 5.20. The number of anilines is 1. The van der Waals surface area contributed by atoms with Crippen LogP contribution in [0, 0.1) is 36.5 Å². The van der Waals surface area contributed by atoms with E-state index in [1.54, 1.807) is 4.90 Å². The van der Waals surface area contributed by atoms with Crippen molar-refractivity contribution in [2.24, 2.45) is 0 Å². The first-order chi connectivity index (χ1) is 20.8. The molecule has 2 heterocycles. The lowest BCUT2D eigenvalue weighted by atomic mass is 10.1. The van der Waals surface area contributed by atoms with Crippen LogP contribution in [0.1, 0.15) is 54.9 Å². The molecule has 226 valence electrons. The molecule has 0 N–H and O–H groups in total. The Morgan fingerprint density at radius 3 is 2.26 bits per heavy atom. The Labute approximate surface area is 255 Å². The van der Waals surface area contributed by atoms with Gasteiger partial charge in [-0.25, -0.2) is 0 Å². The number of amides is 1. The van der Waals surface area contributed by atoms with Crippen LogP contribution in [-0.2, 0) is 27.4 Å². The zero-order valence-corrected chi connectivity index (χ0v) is 25.6. The normalized spacial score (nSPS) is 15.1. The highest BCUT2D eigenvalue weighted by Crippen LogP contribution is 2.26. The Morgan fingerprint density at radius 1 is 0.884 bits per heavy atom. The van der Waals surface area contributed by atoms with Crippen LogP contribution in [0.25, 0.3) is 0 Å². The quantitative estimate of drug-likeness (QED) is 0.279. The minimum Gasteiger partial charge on any atom is -0.464 e. The van der Waals surface area contributed by atoms with Crippen molar-refractivity contribution >= 4 is 17.6 Å². The maximum absolute atomic E-state index is 13.7. The van der Waals surface area contributed by atoms with Gasteiger partial charge in [-0.2, -0.15) is 10.5 Å². The lowest BCUT2D eigenvalue weighted by Crippen LogP contribution is -2.37. The molecule has 4 rings (SSSR count). The zero-order chi connectivity index (χ0) is 30.8. The van der Waals surface area contributed by atoms with E-state index in [2.05, 4.69) is 66.1 Å². The van der Waals surface area contributed by atoms with Gasteiger partial charge in [0.1, 0.15) is 24.6 Å². The molecule has 9 heteroatoms. The summed E-state index contributed by atoms with van der Waals surface area (Å²) in [6.07, 6.45) is 3.87. The zero-order valence-electron chi connectivity index (χ0n) is 25.6. The predicted octanol–water partition coefficient (Wildman–Crippen LogP) is 4.65. The molecule has 0 saturated carbocycles. The molecule has 0 unspecified atom stereocenters. The number of hydrogen-bond acceptors (Lipinski definition) is 8. The minimum absolute atomic E-state index is 0.0476. The van der Waals surface area contributed by atoms with Crippen LogP contribution < -0.4 is 4.90 Å². The van der Waals surface area contributed by atoms with Crippen LogP contribution in [0.5, 0.6) is 0 Å². The summed E-state index contributed by atoms with van der Waals surface area (Å²) in [7, 11) is 0. The van der Waals surface area contributed by atoms with Gasteiger partial charge in [0.05, 0.1) is 6.54 Å². The lowest BCUT2D eigenvalue weighted by molar-refractivity contribution is -0.141. The van der Waals surface area contributed by atoms with Crippen molar-refractivity contribution in [1.82, 2.24) is 14.7 Å². The molecular weight excluding hydrogens is 540 g/mol. The highest BCUT2D eigenvalue weighted by atomic mass is 16.5. The summed E-state index contributed by atoms with van der Waals surface area (Å²) >= 11 is 0. The molecule has 9 nitrogen and oxygen atoms in total. The average molecular weight is 583 g/mol. The molecule has 43 heavy (non-hydrogen) atoms. The Kier molecular flexibility index (Phi) is 11.2. The number of nitrogens with zero attached hydrogens (tertiary/aromatic N) is 6. The first-order valence-electron chi connectivity index (χ1n) is 15.1.